The van der Waals surface area contributed by atoms with Crippen molar-refractivity contribution in [1.29, 1.82) is 0 Å². The number of hydrogen-bond donors (Lipinski definition) is 1. The topological polar surface area (TPSA) is 26.0 Å². The quantitative estimate of drug-likeness (QED) is 0.790. The Labute approximate surface area is 84.3 Å². The van der Waals surface area contributed by atoms with E-state index in [1.807, 2.05) is 19.1 Å². The van der Waals surface area contributed by atoms with Gasteiger partial charge in [-0.2, -0.15) is 0 Å². The van der Waals surface area contributed by atoms with Crippen LogP contribution in [0.2, 0.25) is 5.02 Å². The molecule has 0 amide bonds. The Morgan fingerprint density at radius 1 is 1.42 bits per heavy atom. The van der Waals surface area contributed by atoms with Gasteiger partial charge in [-0.3, -0.25) is 0 Å². The van der Waals surface area contributed by atoms with Gasteiger partial charge in [-0.15, -0.1) is 12.4 Å². The maximum Gasteiger partial charge on any atom is 0.0437 e. The molecule has 1 aromatic carbocycles. The minimum Gasteiger partial charge on any atom is -0.330 e. The fourth-order valence-electron chi connectivity index (χ4n) is 0.959. The van der Waals surface area contributed by atoms with Gasteiger partial charge < -0.3 is 5.73 Å². The van der Waals surface area contributed by atoms with Crippen molar-refractivity contribution >= 4 is 24.0 Å². The highest BCUT2D eigenvalue weighted by atomic mass is 35.5. The van der Waals surface area contributed by atoms with E-state index >= 15 is 0 Å². The molecule has 0 heterocycles. The Kier molecular flexibility index (Phi) is 5.31. The average Bonchev–Trinajstić information content (AvgIpc) is 1.98. The van der Waals surface area contributed by atoms with Crippen molar-refractivity contribution in [1.82, 2.24) is 0 Å². The van der Waals surface area contributed by atoms with Crippen LogP contribution < -0.4 is 5.73 Å². The third kappa shape index (κ3) is 3.02. The van der Waals surface area contributed by atoms with Crippen LogP contribution in [0, 0.1) is 6.92 Å². The fraction of sp³-hybridized carbons (Fsp3) is 0.333. The van der Waals surface area contributed by atoms with Crippen LogP contribution >= 0.6 is 24.0 Å². The van der Waals surface area contributed by atoms with Gasteiger partial charge in [-0.25, -0.2) is 0 Å². The lowest BCUT2D eigenvalue weighted by Gasteiger charge is -2.01. The van der Waals surface area contributed by atoms with Crippen LogP contribution in [0.15, 0.2) is 18.2 Å². The van der Waals surface area contributed by atoms with Crippen LogP contribution in [0.5, 0.6) is 0 Å². The fourth-order valence-corrected chi connectivity index (χ4v) is 1.16. The summed E-state index contributed by atoms with van der Waals surface area (Å²) in [4.78, 5) is 0. The molecule has 0 aromatic heterocycles. The molecule has 68 valence electrons. The predicted octanol–water partition coefficient (Wildman–Crippen LogP) is 2.57. The summed E-state index contributed by atoms with van der Waals surface area (Å²) in [6.07, 6.45) is 0.903. The molecule has 2 N–H and O–H groups in total. The van der Waals surface area contributed by atoms with Crippen LogP contribution in [0.25, 0.3) is 0 Å². The van der Waals surface area contributed by atoms with Gasteiger partial charge in [0.15, 0.2) is 0 Å². The molecule has 0 unspecified atom stereocenters. The Hall–Kier alpha value is -0.240. The summed E-state index contributed by atoms with van der Waals surface area (Å²) in [5.41, 5.74) is 7.73. The first-order valence-electron chi connectivity index (χ1n) is 3.69. The SMILES string of the molecule is Cc1ccc(CCN)cc1Cl.Cl. The van der Waals surface area contributed by atoms with E-state index < -0.39 is 0 Å². The van der Waals surface area contributed by atoms with E-state index in [1.54, 1.807) is 0 Å². The number of benzene rings is 1. The summed E-state index contributed by atoms with van der Waals surface area (Å²) in [6.45, 7) is 2.67. The second kappa shape index (κ2) is 5.41. The summed E-state index contributed by atoms with van der Waals surface area (Å²) in [7, 11) is 0. The van der Waals surface area contributed by atoms with Gasteiger partial charge >= 0.3 is 0 Å². The van der Waals surface area contributed by atoms with E-state index in [4.69, 9.17) is 17.3 Å². The zero-order chi connectivity index (χ0) is 8.27. The van der Waals surface area contributed by atoms with Crippen LogP contribution in [0.4, 0.5) is 0 Å². The smallest absolute Gasteiger partial charge is 0.0437 e. The summed E-state index contributed by atoms with van der Waals surface area (Å²) in [5, 5.41) is 0.830. The lowest BCUT2D eigenvalue weighted by Crippen LogP contribution is -2.02. The van der Waals surface area contributed by atoms with Crippen molar-refractivity contribution in [3.63, 3.8) is 0 Å². The second-order valence-corrected chi connectivity index (χ2v) is 3.03. The van der Waals surface area contributed by atoms with Gasteiger partial charge in [0, 0.05) is 5.02 Å². The van der Waals surface area contributed by atoms with Crippen molar-refractivity contribution in [2.24, 2.45) is 5.73 Å². The first-order valence-corrected chi connectivity index (χ1v) is 4.07. The molecule has 0 saturated carbocycles. The Morgan fingerprint density at radius 2 is 2.08 bits per heavy atom. The summed E-state index contributed by atoms with van der Waals surface area (Å²) < 4.78 is 0. The van der Waals surface area contributed by atoms with Gasteiger partial charge in [0.25, 0.3) is 0 Å². The number of halogens is 2. The van der Waals surface area contributed by atoms with Crippen molar-refractivity contribution in [3.05, 3.63) is 34.3 Å². The molecule has 1 rings (SSSR count). The summed E-state index contributed by atoms with van der Waals surface area (Å²) in [5.74, 6) is 0. The molecule has 0 aliphatic carbocycles. The number of aryl methyl sites for hydroxylation is 1. The van der Waals surface area contributed by atoms with Crippen molar-refractivity contribution in [3.8, 4) is 0 Å². The monoisotopic (exact) mass is 205 g/mol. The molecule has 0 atom stereocenters. The van der Waals surface area contributed by atoms with E-state index in [2.05, 4.69) is 6.07 Å². The zero-order valence-corrected chi connectivity index (χ0v) is 8.58. The van der Waals surface area contributed by atoms with E-state index in [0.717, 1.165) is 17.0 Å². The Bertz CT molecular complexity index is 248. The highest BCUT2D eigenvalue weighted by Gasteiger charge is 1.95. The van der Waals surface area contributed by atoms with Gasteiger partial charge in [0.2, 0.25) is 0 Å². The van der Waals surface area contributed by atoms with E-state index in [0.29, 0.717) is 6.54 Å². The number of hydrogen-bond acceptors (Lipinski definition) is 1. The van der Waals surface area contributed by atoms with Crippen molar-refractivity contribution in [2.75, 3.05) is 6.54 Å². The summed E-state index contributed by atoms with van der Waals surface area (Å²) in [6, 6.07) is 6.06. The maximum atomic E-state index is 5.91. The number of nitrogens with two attached hydrogens (primary N) is 1. The molecule has 1 nitrogen and oxygen atoms in total. The molecule has 0 aliphatic heterocycles. The van der Waals surface area contributed by atoms with E-state index in [-0.39, 0.29) is 12.4 Å². The van der Waals surface area contributed by atoms with Crippen LogP contribution in [0.1, 0.15) is 11.1 Å². The highest BCUT2D eigenvalue weighted by Crippen LogP contribution is 2.16. The van der Waals surface area contributed by atoms with Gasteiger partial charge in [0.05, 0.1) is 0 Å². The molecule has 0 fully saturated rings. The highest BCUT2D eigenvalue weighted by molar-refractivity contribution is 6.31. The Balaban J connectivity index is 0.00000121. The van der Waals surface area contributed by atoms with Gasteiger partial charge in [-0.05, 0) is 37.1 Å². The molecule has 0 bridgehead atoms. The summed E-state index contributed by atoms with van der Waals surface area (Å²) >= 11 is 5.91. The van der Waals surface area contributed by atoms with Crippen LogP contribution in [-0.2, 0) is 6.42 Å². The van der Waals surface area contributed by atoms with Gasteiger partial charge in [0.1, 0.15) is 0 Å². The molecule has 0 radical (unpaired) electrons. The Morgan fingerprint density at radius 3 is 2.58 bits per heavy atom. The molecular weight excluding hydrogens is 193 g/mol. The zero-order valence-electron chi connectivity index (χ0n) is 7.01. The standard InChI is InChI=1S/C9H12ClN.ClH/c1-7-2-3-8(4-5-11)6-9(7)10;/h2-3,6H,4-5,11H2,1H3;1H. The third-order valence-electron chi connectivity index (χ3n) is 1.67. The van der Waals surface area contributed by atoms with Crippen molar-refractivity contribution in [2.45, 2.75) is 13.3 Å². The normalized spacial score (nSPS) is 9.25. The first-order chi connectivity index (χ1) is 5.24. The van der Waals surface area contributed by atoms with Crippen molar-refractivity contribution < 1.29 is 0 Å². The predicted molar refractivity (Wildman–Crippen MR) is 56.2 cm³/mol. The van der Waals surface area contributed by atoms with Gasteiger partial charge in [-0.1, -0.05) is 23.7 Å². The molecule has 1 aromatic rings. The van der Waals surface area contributed by atoms with Crippen LogP contribution in [-0.4, -0.2) is 6.54 Å². The minimum atomic E-state index is 0. The number of rotatable bonds is 2. The molecule has 0 spiro atoms. The molecule has 12 heavy (non-hydrogen) atoms. The van der Waals surface area contributed by atoms with E-state index in [9.17, 15) is 0 Å². The molecule has 0 saturated heterocycles. The average molecular weight is 206 g/mol. The second-order valence-electron chi connectivity index (χ2n) is 2.62. The third-order valence-corrected chi connectivity index (χ3v) is 2.08. The largest absolute Gasteiger partial charge is 0.330 e. The molecule has 0 aliphatic rings. The molecule has 3 heteroatoms. The van der Waals surface area contributed by atoms with E-state index in [1.165, 1.54) is 5.56 Å². The molecular formula is C9H13Cl2N. The lowest BCUT2D eigenvalue weighted by atomic mass is 10.1. The maximum absolute atomic E-state index is 5.91. The van der Waals surface area contributed by atoms with Crippen LogP contribution in [0.3, 0.4) is 0 Å². The minimum absolute atomic E-state index is 0. The lowest BCUT2D eigenvalue weighted by molar-refractivity contribution is 0.968. The first kappa shape index (κ1) is 11.8.